The van der Waals surface area contributed by atoms with Crippen LogP contribution in [0.2, 0.25) is 0 Å². The van der Waals surface area contributed by atoms with Crippen molar-refractivity contribution < 1.29 is 17.9 Å². The molecule has 1 heterocycles. The van der Waals surface area contributed by atoms with Gasteiger partial charge in [0, 0.05) is 32.2 Å². The van der Waals surface area contributed by atoms with Gasteiger partial charge >= 0.3 is 6.18 Å². The molecule has 0 amide bonds. The van der Waals surface area contributed by atoms with Gasteiger partial charge in [-0.15, -0.1) is 24.8 Å². The zero-order chi connectivity index (χ0) is 15.5. The van der Waals surface area contributed by atoms with Crippen LogP contribution in [0.5, 0.6) is 5.75 Å². The molecule has 8 heteroatoms. The second-order valence-electron chi connectivity index (χ2n) is 5.35. The number of ether oxygens (including phenoxy) is 1. The first-order valence-corrected chi connectivity index (χ1v) is 7.07. The third-order valence-corrected chi connectivity index (χ3v) is 3.82. The summed E-state index contributed by atoms with van der Waals surface area (Å²) in [5.74, 6) is 0.699. The van der Waals surface area contributed by atoms with Crippen molar-refractivity contribution in [1.29, 1.82) is 0 Å². The molecule has 1 aliphatic heterocycles. The lowest BCUT2D eigenvalue weighted by molar-refractivity contribution is -0.148. The Bertz CT molecular complexity index is 480. The quantitative estimate of drug-likeness (QED) is 0.868. The summed E-state index contributed by atoms with van der Waals surface area (Å²) < 4.78 is 44.0. The summed E-state index contributed by atoms with van der Waals surface area (Å²) in [6, 6.07) is 4.66. The summed E-state index contributed by atoms with van der Waals surface area (Å²) in [7, 11) is 1.56. The van der Waals surface area contributed by atoms with Crippen LogP contribution in [0.15, 0.2) is 18.2 Å². The minimum atomic E-state index is -4.18. The summed E-state index contributed by atoms with van der Waals surface area (Å²) in [5.41, 5.74) is 1.56. The van der Waals surface area contributed by atoms with Crippen LogP contribution in [0.4, 0.5) is 13.2 Å². The molecule has 1 N–H and O–H groups in total. The smallest absolute Gasteiger partial charge is 0.390 e. The van der Waals surface area contributed by atoms with Crippen molar-refractivity contribution >= 4 is 24.8 Å². The van der Waals surface area contributed by atoms with E-state index >= 15 is 0 Å². The first-order valence-electron chi connectivity index (χ1n) is 7.07. The van der Waals surface area contributed by atoms with Crippen LogP contribution >= 0.6 is 24.8 Å². The SMILES string of the molecule is COc1ccc([C@@H](CC(F)(F)F)N2CCNCC2)cc1C.Cl.Cl. The van der Waals surface area contributed by atoms with Crippen molar-refractivity contribution in [2.45, 2.75) is 25.6 Å². The van der Waals surface area contributed by atoms with Gasteiger partial charge in [0.2, 0.25) is 0 Å². The lowest BCUT2D eigenvalue weighted by Crippen LogP contribution is -2.46. The largest absolute Gasteiger partial charge is 0.496 e. The Balaban J connectivity index is 0.00000242. The van der Waals surface area contributed by atoms with Gasteiger partial charge in [-0.25, -0.2) is 0 Å². The highest BCUT2D eigenvalue weighted by molar-refractivity contribution is 5.85. The van der Waals surface area contributed by atoms with E-state index in [9.17, 15) is 13.2 Å². The van der Waals surface area contributed by atoms with Gasteiger partial charge in [-0.05, 0) is 24.1 Å². The molecule has 0 bridgehead atoms. The summed E-state index contributed by atoms with van der Waals surface area (Å²) in [6.45, 7) is 4.56. The number of alkyl halides is 3. The molecular formula is C15H23Cl2F3N2O. The lowest BCUT2D eigenvalue weighted by atomic mass is 9.98. The molecule has 1 atom stereocenters. The average molecular weight is 375 g/mol. The number of rotatable bonds is 4. The molecular weight excluding hydrogens is 352 g/mol. The maximum Gasteiger partial charge on any atom is 0.390 e. The van der Waals surface area contributed by atoms with Gasteiger partial charge < -0.3 is 10.1 Å². The predicted molar refractivity (Wildman–Crippen MR) is 90.1 cm³/mol. The Morgan fingerprint density at radius 3 is 2.30 bits per heavy atom. The summed E-state index contributed by atoms with van der Waals surface area (Å²) in [4.78, 5) is 1.91. The molecule has 0 aliphatic carbocycles. The highest BCUT2D eigenvalue weighted by Crippen LogP contribution is 2.35. The Kier molecular flexibility index (Phi) is 9.28. The maximum atomic E-state index is 12.9. The van der Waals surface area contributed by atoms with E-state index in [1.807, 2.05) is 11.8 Å². The summed E-state index contributed by atoms with van der Waals surface area (Å²) >= 11 is 0. The third-order valence-electron chi connectivity index (χ3n) is 3.82. The molecule has 0 spiro atoms. The van der Waals surface area contributed by atoms with E-state index in [1.54, 1.807) is 25.3 Å². The van der Waals surface area contributed by atoms with Crippen LogP contribution in [0.25, 0.3) is 0 Å². The zero-order valence-corrected chi connectivity index (χ0v) is 14.8. The van der Waals surface area contributed by atoms with Crippen molar-refractivity contribution in [1.82, 2.24) is 10.2 Å². The fourth-order valence-corrected chi connectivity index (χ4v) is 2.78. The summed E-state index contributed by atoms with van der Waals surface area (Å²) in [5, 5.41) is 3.17. The molecule has 2 rings (SSSR count). The van der Waals surface area contributed by atoms with E-state index in [-0.39, 0.29) is 24.8 Å². The second kappa shape index (κ2) is 9.57. The number of aryl methyl sites for hydroxylation is 1. The van der Waals surface area contributed by atoms with Gasteiger partial charge in [0.05, 0.1) is 13.5 Å². The van der Waals surface area contributed by atoms with Gasteiger partial charge in [0.15, 0.2) is 0 Å². The number of nitrogens with zero attached hydrogens (tertiary/aromatic N) is 1. The van der Waals surface area contributed by atoms with Gasteiger partial charge in [0.25, 0.3) is 0 Å². The lowest BCUT2D eigenvalue weighted by Gasteiger charge is -2.35. The van der Waals surface area contributed by atoms with E-state index in [4.69, 9.17) is 4.74 Å². The van der Waals surface area contributed by atoms with E-state index in [0.29, 0.717) is 24.4 Å². The highest BCUT2D eigenvalue weighted by Gasteiger charge is 2.36. The van der Waals surface area contributed by atoms with E-state index in [0.717, 1.165) is 18.7 Å². The molecule has 1 fully saturated rings. The van der Waals surface area contributed by atoms with Crippen LogP contribution in [-0.4, -0.2) is 44.4 Å². The molecule has 0 saturated carbocycles. The van der Waals surface area contributed by atoms with Gasteiger partial charge in [-0.3, -0.25) is 4.90 Å². The fourth-order valence-electron chi connectivity index (χ4n) is 2.78. The number of halogens is 5. The van der Waals surface area contributed by atoms with Crippen molar-refractivity contribution in [2.75, 3.05) is 33.3 Å². The van der Waals surface area contributed by atoms with Crippen molar-refractivity contribution in [3.63, 3.8) is 0 Å². The first kappa shape index (κ1) is 22.3. The van der Waals surface area contributed by atoms with Crippen LogP contribution in [-0.2, 0) is 0 Å². The zero-order valence-electron chi connectivity index (χ0n) is 13.2. The van der Waals surface area contributed by atoms with Gasteiger partial charge in [-0.2, -0.15) is 13.2 Å². The molecule has 23 heavy (non-hydrogen) atoms. The minimum Gasteiger partial charge on any atom is -0.496 e. The minimum absolute atomic E-state index is 0. The Labute approximate surface area is 147 Å². The van der Waals surface area contributed by atoms with Crippen LogP contribution in [0.1, 0.15) is 23.6 Å². The first-order chi connectivity index (χ1) is 9.90. The third kappa shape index (κ3) is 6.37. The van der Waals surface area contributed by atoms with E-state index in [1.165, 1.54) is 0 Å². The number of hydrogen-bond donors (Lipinski definition) is 1. The van der Waals surface area contributed by atoms with Crippen LogP contribution in [0.3, 0.4) is 0 Å². The average Bonchev–Trinajstić information content (AvgIpc) is 2.45. The maximum absolute atomic E-state index is 12.9. The molecule has 1 aromatic carbocycles. The topological polar surface area (TPSA) is 24.5 Å². The number of hydrogen-bond acceptors (Lipinski definition) is 3. The van der Waals surface area contributed by atoms with Crippen molar-refractivity contribution in [2.24, 2.45) is 0 Å². The predicted octanol–water partition coefficient (Wildman–Crippen LogP) is 3.75. The number of methoxy groups -OCH3 is 1. The van der Waals surface area contributed by atoms with Crippen LogP contribution < -0.4 is 10.1 Å². The normalized spacial score (nSPS) is 16.9. The van der Waals surface area contributed by atoms with Gasteiger partial charge in [0.1, 0.15) is 5.75 Å². The molecule has 1 saturated heterocycles. The number of benzene rings is 1. The number of piperazine rings is 1. The van der Waals surface area contributed by atoms with Gasteiger partial charge in [-0.1, -0.05) is 12.1 Å². The van der Waals surface area contributed by atoms with E-state index in [2.05, 4.69) is 5.32 Å². The molecule has 1 aliphatic rings. The molecule has 0 radical (unpaired) electrons. The van der Waals surface area contributed by atoms with Crippen LogP contribution in [0, 0.1) is 6.92 Å². The fraction of sp³-hybridized carbons (Fsp3) is 0.600. The van der Waals surface area contributed by atoms with Crippen molar-refractivity contribution in [3.8, 4) is 5.75 Å². The molecule has 3 nitrogen and oxygen atoms in total. The van der Waals surface area contributed by atoms with E-state index < -0.39 is 18.6 Å². The second-order valence-corrected chi connectivity index (χ2v) is 5.35. The Hall–Kier alpha value is -0.690. The molecule has 0 aromatic heterocycles. The number of nitrogens with one attached hydrogen (secondary N) is 1. The standard InChI is InChI=1S/C15H21F3N2O.2ClH/c1-11-9-12(3-4-14(11)21-2)13(10-15(16,17)18)20-7-5-19-6-8-20;;/h3-4,9,13,19H,5-8,10H2,1-2H3;2*1H/t13-;;/m1../s1. The molecule has 0 unspecified atom stereocenters. The Morgan fingerprint density at radius 1 is 1.22 bits per heavy atom. The monoisotopic (exact) mass is 374 g/mol. The molecule has 134 valence electrons. The summed E-state index contributed by atoms with van der Waals surface area (Å²) in [6.07, 6.45) is -5.00. The Morgan fingerprint density at radius 2 is 1.83 bits per heavy atom. The highest BCUT2D eigenvalue weighted by atomic mass is 35.5. The molecule has 1 aromatic rings. The van der Waals surface area contributed by atoms with Crippen molar-refractivity contribution in [3.05, 3.63) is 29.3 Å².